The maximum atomic E-state index is 12.3. The molecule has 24 heavy (non-hydrogen) atoms. The van der Waals surface area contributed by atoms with E-state index in [0.29, 0.717) is 19.5 Å². The number of benzene rings is 1. The van der Waals surface area contributed by atoms with E-state index in [1.165, 1.54) is 6.42 Å². The van der Waals surface area contributed by atoms with Gasteiger partial charge in [0.05, 0.1) is 7.11 Å². The molecule has 130 valence electrons. The molecule has 1 saturated heterocycles. The molecule has 0 bridgehead atoms. The van der Waals surface area contributed by atoms with Crippen molar-refractivity contribution in [3.63, 3.8) is 0 Å². The van der Waals surface area contributed by atoms with E-state index in [-0.39, 0.29) is 23.7 Å². The molecule has 1 aliphatic carbocycles. The van der Waals surface area contributed by atoms with Crippen LogP contribution in [-0.4, -0.2) is 32.0 Å². The molecule has 5 heteroatoms. The molecular weight excluding hydrogens is 304 g/mol. The maximum absolute atomic E-state index is 12.3. The topological polar surface area (TPSA) is 58.6 Å². The second-order valence-corrected chi connectivity index (χ2v) is 6.85. The quantitative estimate of drug-likeness (QED) is 0.903. The minimum Gasteiger partial charge on any atom is -0.497 e. The van der Waals surface area contributed by atoms with Crippen molar-refractivity contribution in [2.75, 3.05) is 25.1 Å². The molecule has 0 radical (unpaired) electrons. The highest BCUT2D eigenvalue weighted by molar-refractivity contribution is 5.95. The molecule has 0 spiro atoms. The average molecular weight is 330 g/mol. The minimum atomic E-state index is 0.122. The zero-order chi connectivity index (χ0) is 16.9. The summed E-state index contributed by atoms with van der Waals surface area (Å²) in [5, 5.41) is 3.07. The van der Waals surface area contributed by atoms with Gasteiger partial charge in [0.15, 0.2) is 0 Å². The summed E-state index contributed by atoms with van der Waals surface area (Å²) >= 11 is 0. The molecule has 2 amide bonds. The number of carbonyl (C=O) groups excluding carboxylic acids is 2. The van der Waals surface area contributed by atoms with Crippen LogP contribution in [-0.2, 0) is 9.59 Å². The standard InChI is InChI=1S/C19H26N2O3/c1-24-17-9-7-16(8-10-17)21-13-14(11-18(21)22)12-20-19(23)15-5-3-2-4-6-15/h7-10,14-15H,2-6,11-13H2,1H3,(H,20,23)/t14-/m0/s1. The Morgan fingerprint density at radius 1 is 1.21 bits per heavy atom. The lowest BCUT2D eigenvalue weighted by Gasteiger charge is -2.22. The molecule has 1 saturated carbocycles. The van der Waals surface area contributed by atoms with Gasteiger partial charge in [-0.3, -0.25) is 9.59 Å². The van der Waals surface area contributed by atoms with Gasteiger partial charge in [0.2, 0.25) is 11.8 Å². The highest BCUT2D eigenvalue weighted by Crippen LogP contribution is 2.27. The number of nitrogens with one attached hydrogen (secondary N) is 1. The maximum Gasteiger partial charge on any atom is 0.227 e. The summed E-state index contributed by atoms with van der Waals surface area (Å²) in [5.41, 5.74) is 0.891. The smallest absolute Gasteiger partial charge is 0.227 e. The van der Waals surface area contributed by atoms with Gasteiger partial charge in [0.1, 0.15) is 5.75 Å². The molecule has 1 aromatic rings. The number of carbonyl (C=O) groups is 2. The Hall–Kier alpha value is -2.04. The van der Waals surface area contributed by atoms with Crippen LogP contribution < -0.4 is 15.0 Å². The minimum absolute atomic E-state index is 0.122. The van der Waals surface area contributed by atoms with Crippen molar-refractivity contribution in [1.82, 2.24) is 5.32 Å². The highest BCUT2D eigenvalue weighted by Gasteiger charge is 2.31. The van der Waals surface area contributed by atoms with E-state index in [1.807, 2.05) is 24.3 Å². The van der Waals surface area contributed by atoms with Crippen LogP contribution in [0, 0.1) is 11.8 Å². The van der Waals surface area contributed by atoms with Crippen LogP contribution >= 0.6 is 0 Å². The van der Waals surface area contributed by atoms with E-state index < -0.39 is 0 Å². The molecule has 3 rings (SSSR count). The number of ether oxygens (including phenoxy) is 1. The fourth-order valence-corrected chi connectivity index (χ4v) is 3.68. The van der Waals surface area contributed by atoms with E-state index >= 15 is 0 Å². The summed E-state index contributed by atoms with van der Waals surface area (Å²) in [4.78, 5) is 26.3. The Bertz CT molecular complexity index is 579. The summed E-state index contributed by atoms with van der Waals surface area (Å²) in [6.45, 7) is 1.25. The summed E-state index contributed by atoms with van der Waals surface area (Å²) < 4.78 is 5.15. The van der Waals surface area contributed by atoms with Gasteiger partial charge in [-0.15, -0.1) is 0 Å². The number of nitrogens with zero attached hydrogens (tertiary/aromatic N) is 1. The normalized spacial score (nSPS) is 21.8. The van der Waals surface area contributed by atoms with Crippen LogP contribution in [0.2, 0.25) is 0 Å². The van der Waals surface area contributed by atoms with Gasteiger partial charge in [-0.05, 0) is 37.1 Å². The fourth-order valence-electron chi connectivity index (χ4n) is 3.68. The van der Waals surface area contributed by atoms with E-state index in [2.05, 4.69) is 5.32 Å². The molecule has 5 nitrogen and oxygen atoms in total. The van der Waals surface area contributed by atoms with Gasteiger partial charge < -0.3 is 15.0 Å². The third-order valence-electron chi connectivity index (χ3n) is 5.13. The zero-order valence-electron chi connectivity index (χ0n) is 14.3. The number of rotatable bonds is 5. The van der Waals surface area contributed by atoms with Gasteiger partial charge in [-0.2, -0.15) is 0 Å². The Morgan fingerprint density at radius 3 is 2.58 bits per heavy atom. The number of amides is 2. The van der Waals surface area contributed by atoms with Gasteiger partial charge in [-0.25, -0.2) is 0 Å². The summed E-state index contributed by atoms with van der Waals surface area (Å²) in [7, 11) is 1.63. The Kier molecular flexibility index (Phi) is 5.38. The van der Waals surface area contributed by atoms with Crippen molar-refractivity contribution in [3.05, 3.63) is 24.3 Å². The number of hydrogen-bond acceptors (Lipinski definition) is 3. The Morgan fingerprint density at radius 2 is 1.92 bits per heavy atom. The number of anilines is 1. The first-order valence-electron chi connectivity index (χ1n) is 8.89. The van der Waals surface area contributed by atoms with E-state index in [0.717, 1.165) is 37.1 Å². The van der Waals surface area contributed by atoms with E-state index in [9.17, 15) is 9.59 Å². The lowest BCUT2D eigenvalue weighted by atomic mass is 9.88. The third-order valence-corrected chi connectivity index (χ3v) is 5.13. The molecule has 1 aromatic carbocycles. The lowest BCUT2D eigenvalue weighted by molar-refractivity contribution is -0.126. The average Bonchev–Trinajstić information content (AvgIpc) is 3.01. The van der Waals surface area contributed by atoms with Gasteiger partial charge in [0, 0.05) is 37.0 Å². The van der Waals surface area contributed by atoms with Gasteiger partial charge in [0.25, 0.3) is 0 Å². The zero-order valence-corrected chi connectivity index (χ0v) is 14.3. The first-order valence-corrected chi connectivity index (χ1v) is 8.89. The molecule has 1 N–H and O–H groups in total. The molecule has 1 heterocycles. The second kappa shape index (κ2) is 7.69. The molecular formula is C19H26N2O3. The highest BCUT2D eigenvalue weighted by atomic mass is 16.5. The first kappa shape index (κ1) is 16.8. The van der Waals surface area contributed by atoms with Crippen molar-refractivity contribution < 1.29 is 14.3 Å². The van der Waals surface area contributed by atoms with Crippen LogP contribution in [0.4, 0.5) is 5.69 Å². The summed E-state index contributed by atoms with van der Waals surface area (Å²) in [6.07, 6.45) is 6.08. The molecule has 1 atom stereocenters. The van der Waals surface area contributed by atoms with Crippen LogP contribution in [0.15, 0.2) is 24.3 Å². The van der Waals surface area contributed by atoms with Crippen molar-refractivity contribution in [2.24, 2.45) is 11.8 Å². The first-order chi connectivity index (χ1) is 11.7. The second-order valence-electron chi connectivity index (χ2n) is 6.85. The summed E-state index contributed by atoms with van der Waals surface area (Å²) in [6, 6.07) is 7.53. The lowest BCUT2D eigenvalue weighted by Crippen LogP contribution is -2.36. The van der Waals surface area contributed by atoms with Gasteiger partial charge in [-0.1, -0.05) is 19.3 Å². The Balaban J connectivity index is 1.51. The molecule has 2 aliphatic rings. The van der Waals surface area contributed by atoms with Crippen molar-refractivity contribution >= 4 is 17.5 Å². The Labute approximate surface area is 143 Å². The number of methoxy groups -OCH3 is 1. The van der Waals surface area contributed by atoms with Crippen molar-refractivity contribution in [3.8, 4) is 5.75 Å². The molecule has 0 unspecified atom stereocenters. The van der Waals surface area contributed by atoms with Crippen LogP contribution in [0.5, 0.6) is 5.75 Å². The molecule has 1 aliphatic heterocycles. The molecule has 2 fully saturated rings. The van der Waals surface area contributed by atoms with E-state index in [4.69, 9.17) is 4.74 Å². The molecule has 0 aromatic heterocycles. The predicted molar refractivity (Wildman–Crippen MR) is 93.0 cm³/mol. The number of hydrogen-bond donors (Lipinski definition) is 1. The SMILES string of the molecule is COc1ccc(N2C[C@H](CNC(=O)C3CCCCC3)CC2=O)cc1. The summed E-state index contributed by atoms with van der Waals surface area (Å²) in [5.74, 6) is 1.43. The van der Waals surface area contributed by atoms with Gasteiger partial charge >= 0.3 is 0 Å². The largest absolute Gasteiger partial charge is 0.497 e. The van der Waals surface area contributed by atoms with E-state index in [1.54, 1.807) is 12.0 Å². The third kappa shape index (κ3) is 3.89. The van der Waals surface area contributed by atoms with Crippen LogP contribution in [0.25, 0.3) is 0 Å². The monoisotopic (exact) mass is 330 g/mol. The van der Waals surface area contributed by atoms with Crippen molar-refractivity contribution in [1.29, 1.82) is 0 Å². The van der Waals surface area contributed by atoms with Crippen LogP contribution in [0.3, 0.4) is 0 Å². The fraction of sp³-hybridized carbons (Fsp3) is 0.579. The van der Waals surface area contributed by atoms with Crippen molar-refractivity contribution in [2.45, 2.75) is 38.5 Å². The van der Waals surface area contributed by atoms with Crippen LogP contribution in [0.1, 0.15) is 38.5 Å². The predicted octanol–water partition coefficient (Wildman–Crippen LogP) is 2.74.